The maximum atomic E-state index is 13.0. The summed E-state index contributed by atoms with van der Waals surface area (Å²) in [6, 6.07) is 18.3. The van der Waals surface area contributed by atoms with Crippen LogP contribution in [0.5, 0.6) is 0 Å². The van der Waals surface area contributed by atoms with E-state index in [1.807, 2.05) is 46.9 Å². The molecular formula is C20H14N2O2. The fourth-order valence-electron chi connectivity index (χ4n) is 2.99. The van der Waals surface area contributed by atoms with Gasteiger partial charge in [-0.05, 0) is 25.1 Å². The third-order valence-corrected chi connectivity index (χ3v) is 4.14. The van der Waals surface area contributed by atoms with E-state index in [-0.39, 0.29) is 11.6 Å². The molecule has 0 N–H and O–H groups in total. The van der Waals surface area contributed by atoms with Gasteiger partial charge in [-0.2, -0.15) is 0 Å². The minimum atomic E-state index is -0.116. The Morgan fingerprint density at radius 3 is 2.38 bits per heavy atom. The lowest BCUT2D eigenvalue weighted by Crippen LogP contribution is -2.06. The highest BCUT2D eigenvalue weighted by Gasteiger charge is 2.20. The minimum Gasteiger partial charge on any atom is -0.302 e. The van der Waals surface area contributed by atoms with Crippen LogP contribution in [0, 0.1) is 0 Å². The van der Waals surface area contributed by atoms with Crippen molar-refractivity contribution in [1.29, 1.82) is 0 Å². The summed E-state index contributed by atoms with van der Waals surface area (Å²) >= 11 is 0. The Morgan fingerprint density at radius 1 is 0.917 bits per heavy atom. The molecule has 0 saturated heterocycles. The lowest BCUT2D eigenvalue weighted by atomic mass is 10.1. The quantitative estimate of drug-likeness (QED) is 0.539. The second-order valence-corrected chi connectivity index (χ2v) is 5.66. The standard InChI is InChI=1S/C20H14N2O2/c1-13(23)15-11-18(20(24)14-7-3-2-4-8-14)22-17-10-6-5-9-16(17)21-12-19(15)22/h2-12H,1H3. The van der Waals surface area contributed by atoms with Crippen molar-refractivity contribution >= 4 is 28.1 Å². The first-order valence-corrected chi connectivity index (χ1v) is 7.66. The van der Waals surface area contributed by atoms with E-state index in [2.05, 4.69) is 4.98 Å². The zero-order chi connectivity index (χ0) is 16.7. The van der Waals surface area contributed by atoms with Gasteiger partial charge in [-0.15, -0.1) is 0 Å². The number of hydrogen-bond donors (Lipinski definition) is 0. The lowest BCUT2D eigenvalue weighted by molar-refractivity contribution is 0.101. The van der Waals surface area contributed by atoms with Crippen molar-refractivity contribution in [3.63, 3.8) is 0 Å². The summed E-state index contributed by atoms with van der Waals surface area (Å²) in [5, 5.41) is 0. The zero-order valence-corrected chi connectivity index (χ0v) is 13.1. The summed E-state index contributed by atoms with van der Waals surface area (Å²) in [6.45, 7) is 1.50. The van der Waals surface area contributed by atoms with Gasteiger partial charge in [0.1, 0.15) is 0 Å². The number of carbonyl (C=O) groups excluding carboxylic acids is 2. The van der Waals surface area contributed by atoms with Crippen LogP contribution in [0.3, 0.4) is 0 Å². The Hall–Kier alpha value is -3.27. The van der Waals surface area contributed by atoms with Gasteiger partial charge in [0.25, 0.3) is 0 Å². The number of ketones is 2. The SMILES string of the molecule is CC(=O)c1cc(C(=O)c2ccccc2)n2c1cnc1ccccc12. The first kappa shape index (κ1) is 14.3. The highest BCUT2D eigenvalue weighted by atomic mass is 16.1. The molecule has 4 aromatic rings. The van der Waals surface area contributed by atoms with Crippen molar-refractivity contribution in [2.75, 3.05) is 0 Å². The number of benzene rings is 2. The summed E-state index contributed by atoms with van der Waals surface area (Å²) in [6.07, 6.45) is 1.65. The Balaban J connectivity index is 2.09. The van der Waals surface area contributed by atoms with Gasteiger partial charge < -0.3 is 4.40 Å². The smallest absolute Gasteiger partial charge is 0.209 e. The topological polar surface area (TPSA) is 51.4 Å². The first-order chi connectivity index (χ1) is 11.7. The van der Waals surface area contributed by atoms with Gasteiger partial charge in [0.15, 0.2) is 5.78 Å². The molecule has 4 rings (SSSR count). The molecule has 0 bridgehead atoms. The van der Waals surface area contributed by atoms with Crippen LogP contribution >= 0.6 is 0 Å². The van der Waals surface area contributed by atoms with Crippen molar-refractivity contribution in [1.82, 2.24) is 9.38 Å². The van der Waals surface area contributed by atoms with Crippen LogP contribution in [0.4, 0.5) is 0 Å². The van der Waals surface area contributed by atoms with Gasteiger partial charge in [-0.1, -0.05) is 42.5 Å². The fourth-order valence-corrected chi connectivity index (χ4v) is 2.99. The van der Waals surface area contributed by atoms with Crippen molar-refractivity contribution in [2.45, 2.75) is 6.92 Å². The molecule has 0 aliphatic heterocycles. The molecule has 2 aromatic carbocycles. The van der Waals surface area contributed by atoms with Crippen molar-refractivity contribution in [3.05, 3.63) is 83.7 Å². The van der Waals surface area contributed by atoms with E-state index >= 15 is 0 Å². The number of para-hydroxylation sites is 2. The van der Waals surface area contributed by atoms with E-state index in [9.17, 15) is 9.59 Å². The van der Waals surface area contributed by atoms with E-state index in [0.29, 0.717) is 22.3 Å². The minimum absolute atomic E-state index is 0.0864. The van der Waals surface area contributed by atoms with Crippen molar-refractivity contribution < 1.29 is 9.59 Å². The Morgan fingerprint density at radius 2 is 1.62 bits per heavy atom. The van der Waals surface area contributed by atoms with Gasteiger partial charge in [0.2, 0.25) is 5.78 Å². The number of Topliss-reactive ketones (excluding diaryl/α,β-unsaturated/α-hetero) is 1. The van der Waals surface area contributed by atoms with Gasteiger partial charge in [-0.3, -0.25) is 14.6 Å². The van der Waals surface area contributed by atoms with Gasteiger partial charge in [-0.25, -0.2) is 0 Å². The molecule has 0 fully saturated rings. The Bertz CT molecular complexity index is 1090. The molecule has 0 spiro atoms. The summed E-state index contributed by atoms with van der Waals surface area (Å²) in [5.41, 5.74) is 3.81. The summed E-state index contributed by atoms with van der Waals surface area (Å²) in [5.74, 6) is -0.203. The normalized spacial score (nSPS) is 11.0. The van der Waals surface area contributed by atoms with Gasteiger partial charge >= 0.3 is 0 Å². The van der Waals surface area contributed by atoms with E-state index in [1.54, 1.807) is 24.4 Å². The molecule has 2 aromatic heterocycles. The second kappa shape index (κ2) is 5.42. The van der Waals surface area contributed by atoms with E-state index < -0.39 is 0 Å². The number of hydrogen-bond acceptors (Lipinski definition) is 3. The molecule has 0 unspecified atom stereocenters. The lowest BCUT2D eigenvalue weighted by Gasteiger charge is -2.06. The molecule has 0 saturated carbocycles. The second-order valence-electron chi connectivity index (χ2n) is 5.66. The van der Waals surface area contributed by atoms with Crippen LogP contribution in [-0.4, -0.2) is 21.0 Å². The number of nitrogens with zero attached hydrogens (tertiary/aromatic N) is 2. The van der Waals surface area contributed by atoms with Gasteiger partial charge in [0, 0.05) is 11.1 Å². The average molecular weight is 314 g/mol. The van der Waals surface area contributed by atoms with Crippen LogP contribution in [-0.2, 0) is 0 Å². The molecule has 0 amide bonds. The third-order valence-electron chi connectivity index (χ3n) is 4.14. The molecular weight excluding hydrogens is 300 g/mol. The van der Waals surface area contributed by atoms with Crippen molar-refractivity contribution in [2.24, 2.45) is 0 Å². The van der Waals surface area contributed by atoms with Crippen LogP contribution in [0.2, 0.25) is 0 Å². The largest absolute Gasteiger partial charge is 0.302 e. The van der Waals surface area contributed by atoms with E-state index in [4.69, 9.17) is 0 Å². The molecule has 4 heteroatoms. The summed E-state index contributed by atoms with van der Waals surface area (Å²) < 4.78 is 1.83. The van der Waals surface area contributed by atoms with Crippen LogP contribution in [0.1, 0.15) is 33.3 Å². The zero-order valence-electron chi connectivity index (χ0n) is 13.1. The highest BCUT2D eigenvalue weighted by molar-refractivity contribution is 6.12. The monoisotopic (exact) mass is 314 g/mol. The number of aromatic nitrogens is 2. The predicted octanol–water partition coefficient (Wildman–Crippen LogP) is 3.92. The number of carbonyl (C=O) groups is 2. The average Bonchev–Trinajstić information content (AvgIpc) is 3.02. The van der Waals surface area contributed by atoms with E-state index in [1.165, 1.54) is 6.92 Å². The van der Waals surface area contributed by atoms with E-state index in [0.717, 1.165) is 11.0 Å². The molecule has 24 heavy (non-hydrogen) atoms. The Kier molecular flexibility index (Phi) is 3.24. The molecule has 0 atom stereocenters. The Labute approximate surface area is 138 Å². The molecule has 4 nitrogen and oxygen atoms in total. The molecule has 2 heterocycles. The summed E-state index contributed by atoms with van der Waals surface area (Å²) in [4.78, 5) is 29.4. The molecule has 116 valence electrons. The third kappa shape index (κ3) is 2.12. The van der Waals surface area contributed by atoms with Crippen molar-refractivity contribution in [3.8, 4) is 0 Å². The predicted molar refractivity (Wildman–Crippen MR) is 92.6 cm³/mol. The van der Waals surface area contributed by atoms with Crippen LogP contribution < -0.4 is 0 Å². The molecule has 0 radical (unpaired) electrons. The number of fused-ring (bicyclic) bond motifs is 3. The van der Waals surface area contributed by atoms with Crippen LogP contribution in [0.15, 0.2) is 66.9 Å². The first-order valence-electron chi connectivity index (χ1n) is 7.66. The van der Waals surface area contributed by atoms with Crippen LogP contribution in [0.25, 0.3) is 16.6 Å². The molecule has 0 aliphatic carbocycles. The molecule has 0 aliphatic rings. The van der Waals surface area contributed by atoms with Gasteiger partial charge in [0.05, 0.1) is 28.4 Å². The summed E-state index contributed by atoms with van der Waals surface area (Å²) in [7, 11) is 0. The highest BCUT2D eigenvalue weighted by Crippen LogP contribution is 2.24. The fraction of sp³-hybridized carbons (Fsp3) is 0.0500. The number of rotatable bonds is 3. The maximum Gasteiger partial charge on any atom is 0.209 e. The maximum absolute atomic E-state index is 13.0.